The van der Waals surface area contributed by atoms with Crippen LogP contribution in [0.4, 0.5) is 18.9 Å². The molecule has 1 fully saturated rings. The lowest BCUT2D eigenvalue weighted by atomic mass is 10.1. The highest BCUT2D eigenvalue weighted by Gasteiger charge is 2.38. The zero-order chi connectivity index (χ0) is 23.6. The van der Waals surface area contributed by atoms with Gasteiger partial charge in [0.25, 0.3) is 0 Å². The minimum Gasteiger partial charge on any atom is -0.465 e. The van der Waals surface area contributed by atoms with Crippen LogP contribution in [0.15, 0.2) is 24.3 Å². The molecule has 32 heavy (non-hydrogen) atoms. The molecular formula is C21H22F3N3O5. The van der Waals surface area contributed by atoms with Crippen molar-refractivity contribution < 1.29 is 37.0 Å². The van der Waals surface area contributed by atoms with Crippen LogP contribution < -0.4 is 5.32 Å². The normalized spacial score (nSPS) is 14.6. The topological polar surface area (TPSA) is 99.5 Å². The molecule has 1 saturated carbocycles. The van der Waals surface area contributed by atoms with Crippen molar-refractivity contribution in [1.29, 1.82) is 0 Å². The van der Waals surface area contributed by atoms with Crippen molar-refractivity contribution in [3.05, 3.63) is 46.8 Å². The number of amides is 1. The molecule has 11 heteroatoms. The second-order valence-electron chi connectivity index (χ2n) is 7.58. The maximum absolute atomic E-state index is 13.1. The van der Waals surface area contributed by atoms with Crippen LogP contribution in [0.1, 0.15) is 57.8 Å². The van der Waals surface area contributed by atoms with Gasteiger partial charge in [-0.2, -0.15) is 18.3 Å². The Morgan fingerprint density at radius 1 is 1.09 bits per heavy atom. The van der Waals surface area contributed by atoms with Crippen LogP contribution in [0, 0.1) is 5.92 Å². The number of nitrogens with one attached hydrogen (secondary N) is 1. The van der Waals surface area contributed by atoms with Crippen molar-refractivity contribution in [2.75, 3.05) is 19.5 Å². The third kappa shape index (κ3) is 5.27. The van der Waals surface area contributed by atoms with Gasteiger partial charge >= 0.3 is 18.1 Å². The molecule has 1 aliphatic rings. The number of benzene rings is 1. The third-order valence-electron chi connectivity index (χ3n) is 5.03. The van der Waals surface area contributed by atoms with Crippen molar-refractivity contribution in [3.8, 4) is 0 Å². The van der Waals surface area contributed by atoms with E-state index < -0.39 is 35.6 Å². The fraction of sp³-hybridized carbons (Fsp3) is 0.429. The fourth-order valence-electron chi connectivity index (χ4n) is 3.20. The Kier molecular flexibility index (Phi) is 6.56. The van der Waals surface area contributed by atoms with Crippen LogP contribution >= 0.6 is 0 Å². The summed E-state index contributed by atoms with van der Waals surface area (Å²) >= 11 is 0. The molecule has 0 saturated heterocycles. The SMILES string of the molecule is COC(=O)c1cc(NC(=O)C(C)Cn2nc(C(F)(F)F)cc2C2CC2)cc(C(=O)OC)c1. The number of carbonyl (C=O) groups excluding carboxylic acids is 3. The Bertz CT molecular complexity index is 1010. The summed E-state index contributed by atoms with van der Waals surface area (Å²) in [5.74, 6) is -2.70. The van der Waals surface area contributed by atoms with E-state index >= 15 is 0 Å². The summed E-state index contributed by atoms with van der Waals surface area (Å²) in [5, 5.41) is 6.24. The summed E-state index contributed by atoms with van der Waals surface area (Å²) in [7, 11) is 2.34. The first-order chi connectivity index (χ1) is 15.0. The van der Waals surface area contributed by atoms with Gasteiger partial charge in [-0.25, -0.2) is 9.59 Å². The Morgan fingerprint density at radius 2 is 1.66 bits per heavy atom. The van der Waals surface area contributed by atoms with E-state index in [-0.39, 0.29) is 29.3 Å². The number of rotatable bonds is 7. The number of ether oxygens (including phenoxy) is 2. The van der Waals surface area contributed by atoms with E-state index in [1.165, 1.54) is 37.1 Å². The second kappa shape index (κ2) is 9.01. The minimum absolute atomic E-state index is 0.00761. The van der Waals surface area contributed by atoms with Crippen LogP contribution in [0.5, 0.6) is 0 Å². The Hall–Kier alpha value is -3.37. The molecule has 1 heterocycles. The van der Waals surface area contributed by atoms with Crippen molar-refractivity contribution in [2.24, 2.45) is 5.92 Å². The van der Waals surface area contributed by atoms with Crippen LogP contribution in [0.25, 0.3) is 0 Å². The van der Waals surface area contributed by atoms with Crippen LogP contribution in [0.2, 0.25) is 0 Å². The highest BCUT2D eigenvalue weighted by molar-refractivity contribution is 5.99. The van der Waals surface area contributed by atoms with Crippen molar-refractivity contribution >= 4 is 23.5 Å². The van der Waals surface area contributed by atoms with Crippen molar-refractivity contribution in [3.63, 3.8) is 0 Å². The standard InChI is InChI=1S/C21H22F3N3O5/c1-11(10-27-16(12-4-5-12)9-17(26-27)21(22,23)24)18(28)25-15-7-13(19(29)31-2)6-14(8-15)20(30)32-3/h6-9,11-12H,4-5,10H2,1-3H3,(H,25,28). The van der Waals surface area contributed by atoms with Crippen molar-refractivity contribution in [2.45, 2.75) is 38.4 Å². The molecule has 0 aliphatic heterocycles. The van der Waals surface area contributed by atoms with E-state index in [1.807, 2.05) is 0 Å². The highest BCUT2D eigenvalue weighted by Crippen LogP contribution is 2.42. The van der Waals surface area contributed by atoms with Crippen LogP contribution in [0.3, 0.4) is 0 Å². The minimum atomic E-state index is -4.57. The van der Waals surface area contributed by atoms with E-state index in [4.69, 9.17) is 0 Å². The molecule has 0 radical (unpaired) electrons. The average Bonchev–Trinajstić information content (AvgIpc) is 3.50. The third-order valence-corrected chi connectivity index (χ3v) is 5.03. The molecule has 0 spiro atoms. The van der Waals surface area contributed by atoms with Crippen LogP contribution in [-0.2, 0) is 27.0 Å². The summed E-state index contributed by atoms with van der Waals surface area (Å²) in [6.45, 7) is 1.49. The van der Waals surface area contributed by atoms with E-state index in [0.717, 1.165) is 18.9 Å². The number of anilines is 1. The van der Waals surface area contributed by atoms with E-state index in [9.17, 15) is 27.6 Å². The monoisotopic (exact) mass is 453 g/mol. The molecular weight excluding hydrogens is 431 g/mol. The molecule has 2 aromatic rings. The van der Waals surface area contributed by atoms with Gasteiger partial charge in [-0.15, -0.1) is 0 Å². The van der Waals surface area contributed by atoms with Crippen LogP contribution in [-0.4, -0.2) is 41.8 Å². The average molecular weight is 453 g/mol. The van der Waals surface area contributed by atoms with Gasteiger partial charge in [0.05, 0.1) is 37.8 Å². The molecule has 1 aliphatic carbocycles. The maximum Gasteiger partial charge on any atom is 0.435 e. The molecule has 1 aromatic heterocycles. The molecule has 1 aromatic carbocycles. The van der Waals surface area contributed by atoms with Crippen molar-refractivity contribution in [1.82, 2.24) is 9.78 Å². The number of methoxy groups -OCH3 is 2. The number of alkyl halides is 3. The number of hydrogen-bond donors (Lipinski definition) is 1. The second-order valence-corrected chi connectivity index (χ2v) is 7.58. The van der Waals surface area contributed by atoms with Gasteiger partial charge in [-0.3, -0.25) is 9.48 Å². The number of halogens is 3. The number of esters is 2. The smallest absolute Gasteiger partial charge is 0.435 e. The predicted octanol–water partition coefficient (Wildman–Crippen LogP) is 3.63. The first-order valence-electron chi connectivity index (χ1n) is 9.81. The number of hydrogen-bond acceptors (Lipinski definition) is 6. The molecule has 1 unspecified atom stereocenters. The lowest BCUT2D eigenvalue weighted by Crippen LogP contribution is -2.26. The van der Waals surface area contributed by atoms with Gasteiger partial charge in [0.15, 0.2) is 5.69 Å². The summed E-state index contributed by atoms with van der Waals surface area (Å²) in [5.41, 5.74) is -0.338. The summed E-state index contributed by atoms with van der Waals surface area (Å²) in [6, 6.07) is 4.95. The molecule has 1 N–H and O–H groups in total. The van der Waals surface area contributed by atoms with Gasteiger partial charge in [-0.05, 0) is 37.1 Å². The first-order valence-corrected chi connectivity index (χ1v) is 9.81. The largest absolute Gasteiger partial charge is 0.465 e. The lowest BCUT2D eigenvalue weighted by molar-refractivity contribution is -0.141. The highest BCUT2D eigenvalue weighted by atomic mass is 19.4. The number of aromatic nitrogens is 2. The Morgan fingerprint density at radius 3 is 2.12 bits per heavy atom. The zero-order valence-electron chi connectivity index (χ0n) is 17.7. The number of carbonyl (C=O) groups is 3. The number of nitrogens with zero attached hydrogens (tertiary/aromatic N) is 2. The van der Waals surface area contributed by atoms with E-state index in [2.05, 4.69) is 19.9 Å². The molecule has 172 valence electrons. The summed E-state index contributed by atoms with van der Waals surface area (Å²) < 4.78 is 49.8. The molecule has 0 bridgehead atoms. The summed E-state index contributed by atoms with van der Waals surface area (Å²) in [6.07, 6.45) is -3.01. The Balaban J connectivity index is 1.80. The molecule has 8 nitrogen and oxygen atoms in total. The quantitative estimate of drug-likeness (QED) is 0.643. The zero-order valence-corrected chi connectivity index (χ0v) is 17.7. The predicted molar refractivity (Wildman–Crippen MR) is 106 cm³/mol. The molecule has 1 atom stereocenters. The lowest BCUT2D eigenvalue weighted by Gasteiger charge is -2.15. The summed E-state index contributed by atoms with van der Waals surface area (Å²) in [4.78, 5) is 36.5. The first kappa shape index (κ1) is 23.3. The van der Waals surface area contributed by atoms with Gasteiger partial charge < -0.3 is 14.8 Å². The van der Waals surface area contributed by atoms with Gasteiger partial charge in [0.2, 0.25) is 5.91 Å². The maximum atomic E-state index is 13.1. The van der Waals surface area contributed by atoms with Gasteiger partial charge in [0.1, 0.15) is 0 Å². The van der Waals surface area contributed by atoms with Gasteiger partial charge in [0, 0.05) is 17.3 Å². The van der Waals surface area contributed by atoms with Gasteiger partial charge in [-0.1, -0.05) is 6.92 Å². The Labute approximate surface area is 181 Å². The molecule has 1 amide bonds. The fourth-order valence-corrected chi connectivity index (χ4v) is 3.20. The molecule has 3 rings (SSSR count). The van der Waals surface area contributed by atoms with E-state index in [0.29, 0.717) is 5.69 Å². The van der Waals surface area contributed by atoms with E-state index in [1.54, 1.807) is 6.92 Å².